The summed E-state index contributed by atoms with van der Waals surface area (Å²) in [5.41, 5.74) is 0.927. The van der Waals surface area contributed by atoms with Crippen LogP contribution in [0.25, 0.3) is 0 Å². The predicted molar refractivity (Wildman–Crippen MR) is 71.8 cm³/mol. The Bertz CT molecular complexity index is 468. The zero-order valence-electron chi connectivity index (χ0n) is 11.2. The van der Waals surface area contributed by atoms with E-state index in [4.69, 9.17) is 5.11 Å². The minimum absolute atomic E-state index is 0.0939. The van der Waals surface area contributed by atoms with E-state index in [0.29, 0.717) is 0 Å². The molecule has 1 aromatic carbocycles. The molecular weight excluding hydrogens is 242 g/mol. The highest BCUT2D eigenvalue weighted by Crippen LogP contribution is 2.32. The smallest absolute Gasteiger partial charge is 0.326 e. The topological polar surface area (TPSA) is 57.6 Å². The zero-order valence-corrected chi connectivity index (χ0v) is 11.2. The van der Waals surface area contributed by atoms with Gasteiger partial charge in [-0.25, -0.2) is 4.79 Å². The molecule has 1 aliphatic rings. The van der Waals surface area contributed by atoms with Gasteiger partial charge in [0.15, 0.2) is 0 Å². The van der Waals surface area contributed by atoms with Crippen LogP contribution in [0.2, 0.25) is 0 Å². The number of carbonyl (C=O) groups excluding carboxylic acids is 1. The second kappa shape index (κ2) is 5.43. The summed E-state index contributed by atoms with van der Waals surface area (Å²) in [6, 6.07) is 8.83. The van der Waals surface area contributed by atoms with Crippen LogP contribution in [0.4, 0.5) is 0 Å². The lowest BCUT2D eigenvalue weighted by Gasteiger charge is -2.29. The van der Waals surface area contributed by atoms with Gasteiger partial charge in [-0.05, 0) is 32.3 Å². The fourth-order valence-corrected chi connectivity index (χ4v) is 2.27. The summed E-state index contributed by atoms with van der Waals surface area (Å²) in [6.07, 6.45) is 1.82. The van der Waals surface area contributed by atoms with Gasteiger partial charge in [-0.1, -0.05) is 30.3 Å². The van der Waals surface area contributed by atoms with Crippen LogP contribution in [-0.2, 0) is 9.59 Å². The first kappa shape index (κ1) is 13.6. The number of carbonyl (C=O) groups is 2. The van der Waals surface area contributed by atoms with E-state index in [9.17, 15) is 9.59 Å². The first-order valence-electron chi connectivity index (χ1n) is 6.62. The van der Waals surface area contributed by atoms with Gasteiger partial charge in [0.25, 0.3) is 0 Å². The second-order valence-electron chi connectivity index (χ2n) is 5.12. The van der Waals surface area contributed by atoms with E-state index in [0.717, 1.165) is 18.4 Å². The minimum Gasteiger partial charge on any atom is -0.480 e. The number of rotatable bonds is 5. The summed E-state index contributed by atoms with van der Waals surface area (Å²) in [5, 5.41) is 9.14. The molecule has 1 N–H and O–H groups in total. The van der Waals surface area contributed by atoms with Crippen molar-refractivity contribution in [3.63, 3.8) is 0 Å². The molecule has 19 heavy (non-hydrogen) atoms. The Morgan fingerprint density at radius 3 is 2.26 bits per heavy atom. The third-order valence-electron chi connectivity index (χ3n) is 3.64. The fraction of sp³-hybridized carbons (Fsp3) is 0.467. The molecule has 102 valence electrons. The monoisotopic (exact) mass is 261 g/mol. The summed E-state index contributed by atoms with van der Waals surface area (Å²) in [7, 11) is 0. The van der Waals surface area contributed by atoms with E-state index in [2.05, 4.69) is 0 Å². The lowest BCUT2D eigenvalue weighted by Crippen LogP contribution is -2.46. The van der Waals surface area contributed by atoms with E-state index in [1.165, 1.54) is 0 Å². The number of carboxylic acid groups (broad SMARTS) is 1. The van der Waals surface area contributed by atoms with Crippen molar-refractivity contribution in [3.05, 3.63) is 35.9 Å². The number of hydrogen-bond acceptors (Lipinski definition) is 2. The first-order chi connectivity index (χ1) is 9.02. The average Bonchev–Trinajstić information content (AvgIpc) is 3.23. The molecule has 1 saturated carbocycles. The maximum Gasteiger partial charge on any atom is 0.326 e. The maximum atomic E-state index is 12.5. The molecule has 4 heteroatoms. The summed E-state index contributed by atoms with van der Waals surface area (Å²) < 4.78 is 0. The Morgan fingerprint density at radius 1 is 1.21 bits per heavy atom. The van der Waals surface area contributed by atoms with Gasteiger partial charge in [-0.3, -0.25) is 4.79 Å². The van der Waals surface area contributed by atoms with Gasteiger partial charge in [-0.2, -0.15) is 0 Å². The Kier molecular flexibility index (Phi) is 3.88. The molecule has 1 aliphatic carbocycles. The Morgan fingerprint density at radius 2 is 1.79 bits per heavy atom. The maximum absolute atomic E-state index is 12.5. The van der Waals surface area contributed by atoms with Gasteiger partial charge in [0.05, 0.1) is 5.92 Å². The van der Waals surface area contributed by atoms with Crippen molar-refractivity contribution < 1.29 is 14.7 Å². The first-order valence-corrected chi connectivity index (χ1v) is 6.62. The van der Waals surface area contributed by atoms with E-state index in [1.54, 1.807) is 11.8 Å². The van der Waals surface area contributed by atoms with Crippen LogP contribution in [0.15, 0.2) is 30.3 Å². The van der Waals surface area contributed by atoms with Crippen LogP contribution >= 0.6 is 0 Å². The molecule has 2 rings (SSSR count). The summed E-state index contributed by atoms with van der Waals surface area (Å²) in [4.78, 5) is 25.2. The van der Waals surface area contributed by atoms with Crippen LogP contribution in [0, 0.1) is 0 Å². The summed E-state index contributed by atoms with van der Waals surface area (Å²) in [5.74, 6) is -1.34. The van der Waals surface area contributed by atoms with Crippen LogP contribution in [0.3, 0.4) is 0 Å². The Labute approximate surface area is 113 Å². The molecular formula is C15H19NO3. The molecule has 1 amide bonds. The number of aliphatic carboxylic acids is 1. The fourth-order valence-electron chi connectivity index (χ4n) is 2.27. The molecule has 0 bridgehead atoms. The third-order valence-corrected chi connectivity index (χ3v) is 3.64. The highest BCUT2D eigenvalue weighted by Gasteiger charge is 2.40. The molecule has 0 spiro atoms. The van der Waals surface area contributed by atoms with E-state index >= 15 is 0 Å². The minimum atomic E-state index is -0.944. The molecule has 0 saturated heterocycles. The Hall–Kier alpha value is -1.84. The van der Waals surface area contributed by atoms with Crippen molar-refractivity contribution in [2.24, 2.45) is 0 Å². The van der Waals surface area contributed by atoms with Crippen molar-refractivity contribution in [1.29, 1.82) is 0 Å². The normalized spacial score (nSPS) is 17.6. The van der Waals surface area contributed by atoms with Crippen LogP contribution in [0.5, 0.6) is 0 Å². The SMILES string of the molecule is CC(C(=O)O)N(C(=O)[C@@H](C)c1ccccc1)C1CC1. The molecule has 0 aliphatic heterocycles. The molecule has 0 aromatic heterocycles. The lowest BCUT2D eigenvalue weighted by molar-refractivity contribution is -0.150. The van der Waals surface area contributed by atoms with Gasteiger partial charge >= 0.3 is 5.97 Å². The lowest BCUT2D eigenvalue weighted by atomic mass is 9.99. The van der Waals surface area contributed by atoms with Crippen LogP contribution in [-0.4, -0.2) is 34.0 Å². The van der Waals surface area contributed by atoms with Crippen LogP contribution < -0.4 is 0 Å². The average molecular weight is 261 g/mol. The number of benzene rings is 1. The van der Waals surface area contributed by atoms with Crippen molar-refractivity contribution in [3.8, 4) is 0 Å². The number of hydrogen-bond donors (Lipinski definition) is 1. The predicted octanol–water partition coefficient (Wildman–Crippen LogP) is 2.25. The largest absolute Gasteiger partial charge is 0.480 e. The van der Waals surface area contributed by atoms with Crippen molar-refractivity contribution in [1.82, 2.24) is 4.90 Å². The quantitative estimate of drug-likeness (QED) is 0.884. The van der Waals surface area contributed by atoms with Crippen molar-refractivity contribution in [2.75, 3.05) is 0 Å². The molecule has 1 fully saturated rings. The third kappa shape index (κ3) is 2.95. The van der Waals surface area contributed by atoms with Gasteiger partial charge in [-0.15, -0.1) is 0 Å². The number of amides is 1. The summed E-state index contributed by atoms with van der Waals surface area (Å²) in [6.45, 7) is 3.41. The molecule has 2 atom stereocenters. The van der Waals surface area contributed by atoms with Gasteiger partial charge in [0, 0.05) is 6.04 Å². The van der Waals surface area contributed by atoms with Gasteiger partial charge < -0.3 is 10.0 Å². The molecule has 0 heterocycles. The van der Waals surface area contributed by atoms with E-state index in [1.807, 2.05) is 37.3 Å². The highest BCUT2D eigenvalue weighted by atomic mass is 16.4. The zero-order chi connectivity index (χ0) is 14.0. The number of nitrogens with zero attached hydrogens (tertiary/aromatic N) is 1. The molecule has 4 nitrogen and oxygen atoms in total. The van der Waals surface area contributed by atoms with Crippen molar-refractivity contribution in [2.45, 2.75) is 44.7 Å². The van der Waals surface area contributed by atoms with Gasteiger partial charge in [0.1, 0.15) is 6.04 Å². The van der Waals surface area contributed by atoms with E-state index < -0.39 is 12.0 Å². The van der Waals surface area contributed by atoms with E-state index in [-0.39, 0.29) is 17.9 Å². The Balaban J connectivity index is 2.18. The molecule has 1 aromatic rings. The molecule has 1 unspecified atom stereocenters. The second-order valence-corrected chi connectivity index (χ2v) is 5.12. The van der Waals surface area contributed by atoms with Gasteiger partial charge in [0.2, 0.25) is 5.91 Å². The van der Waals surface area contributed by atoms with Crippen LogP contribution in [0.1, 0.15) is 38.2 Å². The van der Waals surface area contributed by atoms with Crippen molar-refractivity contribution >= 4 is 11.9 Å². The standard InChI is InChI=1S/C15H19NO3/c1-10(12-6-4-3-5-7-12)14(17)16(13-8-9-13)11(2)15(18)19/h3-7,10-11,13H,8-9H2,1-2H3,(H,18,19)/t10-,11?/m0/s1. The highest BCUT2D eigenvalue weighted by molar-refractivity contribution is 5.88. The molecule has 0 radical (unpaired) electrons. The summed E-state index contributed by atoms with van der Waals surface area (Å²) >= 11 is 0. The number of carboxylic acids is 1.